The minimum absolute atomic E-state index is 0.0264. The van der Waals surface area contributed by atoms with E-state index in [1.54, 1.807) is 0 Å². The van der Waals surface area contributed by atoms with Crippen molar-refractivity contribution in [3.8, 4) is 0 Å². The van der Waals surface area contributed by atoms with Crippen LogP contribution in [0.15, 0.2) is 0 Å². The van der Waals surface area contributed by atoms with Crippen LogP contribution in [0.3, 0.4) is 0 Å². The van der Waals surface area contributed by atoms with E-state index in [0.717, 1.165) is 0 Å². The maximum absolute atomic E-state index is 10.5. The normalized spacial score (nSPS) is 14.2. The fourth-order valence-electron chi connectivity index (χ4n) is 0.934. The fraction of sp³-hybridized carbons (Fsp3) is 1.00. The van der Waals surface area contributed by atoms with Gasteiger partial charge in [0.05, 0.1) is 19.8 Å². The Labute approximate surface area is 97.4 Å². The highest BCUT2D eigenvalue weighted by molar-refractivity contribution is 7.46. The van der Waals surface area contributed by atoms with Crippen molar-refractivity contribution in [2.75, 3.05) is 19.8 Å². The second-order valence-electron chi connectivity index (χ2n) is 5.98. The van der Waals surface area contributed by atoms with Crippen LogP contribution in [0.2, 0.25) is 0 Å². The van der Waals surface area contributed by atoms with Gasteiger partial charge in [-0.05, 0) is 5.41 Å². The highest BCUT2D eigenvalue weighted by atomic mass is 31.2. The van der Waals surface area contributed by atoms with Crippen LogP contribution in [-0.2, 0) is 13.8 Å². The van der Waals surface area contributed by atoms with Gasteiger partial charge in [-0.25, -0.2) is 4.57 Å². The summed E-state index contributed by atoms with van der Waals surface area (Å²) in [6, 6.07) is 0. The summed E-state index contributed by atoms with van der Waals surface area (Å²) in [5.41, 5.74) is -0.327. The third kappa shape index (κ3) is 10.6. The minimum atomic E-state index is -4.38. The molecule has 0 fully saturated rings. The Balaban J connectivity index is 3.92. The van der Waals surface area contributed by atoms with Crippen LogP contribution < -0.4 is 0 Å². The summed E-state index contributed by atoms with van der Waals surface area (Å²) in [5.74, 6) is 0. The van der Waals surface area contributed by atoms with Crippen molar-refractivity contribution in [3.63, 3.8) is 0 Å². The maximum atomic E-state index is 10.5. The highest BCUT2D eigenvalue weighted by Gasteiger charge is 2.25. The molecule has 0 aromatic rings. The van der Waals surface area contributed by atoms with Gasteiger partial charge in [-0.3, -0.25) is 4.52 Å². The summed E-state index contributed by atoms with van der Waals surface area (Å²) in [5, 5.41) is 0. The summed E-state index contributed by atoms with van der Waals surface area (Å²) in [6.07, 6.45) is 0. The average Bonchev–Trinajstić information content (AvgIpc) is 1.97. The van der Waals surface area contributed by atoms with Crippen LogP contribution in [0.1, 0.15) is 34.6 Å². The summed E-state index contributed by atoms with van der Waals surface area (Å²) < 4.78 is 20.5. The lowest BCUT2D eigenvalue weighted by molar-refractivity contribution is -0.00137. The molecule has 0 rings (SSSR count). The van der Waals surface area contributed by atoms with E-state index in [9.17, 15) is 4.57 Å². The first-order valence-electron chi connectivity index (χ1n) is 5.19. The lowest BCUT2D eigenvalue weighted by Crippen LogP contribution is -2.27. The van der Waals surface area contributed by atoms with Crippen LogP contribution in [0.4, 0.5) is 0 Å². The third-order valence-electron chi connectivity index (χ3n) is 1.65. The Kier molecular flexibility index (Phi) is 5.63. The van der Waals surface area contributed by atoms with Crippen molar-refractivity contribution in [1.29, 1.82) is 0 Å². The minimum Gasteiger partial charge on any atom is -0.380 e. The Morgan fingerprint density at radius 3 is 1.88 bits per heavy atom. The van der Waals surface area contributed by atoms with E-state index in [1.165, 1.54) is 0 Å². The Morgan fingerprint density at radius 2 is 1.50 bits per heavy atom. The summed E-state index contributed by atoms with van der Waals surface area (Å²) in [4.78, 5) is 17.2. The molecular weight excluding hydrogens is 231 g/mol. The average molecular weight is 254 g/mol. The lowest BCUT2D eigenvalue weighted by Gasteiger charge is -2.26. The van der Waals surface area contributed by atoms with Crippen molar-refractivity contribution in [1.82, 2.24) is 0 Å². The van der Waals surface area contributed by atoms with Gasteiger partial charge in [0.15, 0.2) is 0 Å². The molecule has 0 aromatic heterocycles. The highest BCUT2D eigenvalue weighted by Crippen LogP contribution is 2.38. The largest absolute Gasteiger partial charge is 0.469 e. The molecule has 0 aromatic carbocycles. The number of phosphoric acid groups is 1. The van der Waals surface area contributed by atoms with Gasteiger partial charge in [0.2, 0.25) is 0 Å². The predicted octanol–water partition coefficient (Wildman–Crippen LogP) is 2.18. The molecule has 0 bridgehead atoms. The Bertz CT molecular complexity index is 250. The van der Waals surface area contributed by atoms with E-state index < -0.39 is 13.2 Å². The molecule has 2 N–H and O–H groups in total. The molecule has 0 atom stereocenters. The number of hydrogen-bond acceptors (Lipinski definition) is 3. The molecule has 0 aliphatic rings. The molecule has 0 aliphatic carbocycles. The first kappa shape index (κ1) is 16.1. The first-order valence-corrected chi connectivity index (χ1v) is 6.72. The van der Waals surface area contributed by atoms with E-state index in [0.29, 0.717) is 13.2 Å². The lowest BCUT2D eigenvalue weighted by atomic mass is 9.95. The molecule has 0 spiro atoms. The molecule has 6 heteroatoms. The second-order valence-corrected chi connectivity index (χ2v) is 7.22. The Morgan fingerprint density at radius 1 is 1.00 bits per heavy atom. The van der Waals surface area contributed by atoms with Gasteiger partial charge in [0, 0.05) is 5.41 Å². The van der Waals surface area contributed by atoms with Crippen molar-refractivity contribution < 1.29 is 23.6 Å². The van der Waals surface area contributed by atoms with Crippen LogP contribution >= 0.6 is 7.82 Å². The summed E-state index contributed by atoms with van der Waals surface area (Å²) in [6.45, 7) is 10.8. The third-order valence-corrected chi connectivity index (χ3v) is 2.12. The molecule has 0 aliphatic heterocycles. The molecule has 98 valence electrons. The van der Waals surface area contributed by atoms with Gasteiger partial charge in [0.1, 0.15) is 0 Å². The SMILES string of the molecule is CC(C)(C)COCC(C)(C)COP(=O)(O)O. The van der Waals surface area contributed by atoms with E-state index in [1.807, 2.05) is 13.8 Å². The van der Waals surface area contributed by atoms with Crippen molar-refractivity contribution in [2.45, 2.75) is 34.6 Å². The van der Waals surface area contributed by atoms with Gasteiger partial charge in [-0.2, -0.15) is 0 Å². The quantitative estimate of drug-likeness (QED) is 0.710. The van der Waals surface area contributed by atoms with Crippen LogP contribution in [0, 0.1) is 10.8 Å². The van der Waals surface area contributed by atoms with Crippen LogP contribution in [0.5, 0.6) is 0 Å². The number of hydrogen-bond donors (Lipinski definition) is 2. The van der Waals surface area contributed by atoms with Crippen molar-refractivity contribution >= 4 is 7.82 Å². The van der Waals surface area contributed by atoms with E-state index >= 15 is 0 Å². The number of rotatable bonds is 6. The molecule has 0 radical (unpaired) electrons. The number of ether oxygens (including phenoxy) is 1. The van der Waals surface area contributed by atoms with Crippen molar-refractivity contribution in [2.24, 2.45) is 10.8 Å². The maximum Gasteiger partial charge on any atom is 0.469 e. The smallest absolute Gasteiger partial charge is 0.380 e. The molecule has 0 saturated heterocycles. The first-order chi connectivity index (χ1) is 6.91. The zero-order valence-electron chi connectivity index (χ0n) is 10.7. The van der Waals surface area contributed by atoms with Gasteiger partial charge in [-0.1, -0.05) is 34.6 Å². The zero-order valence-corrected chi connectivity index (χ0v) is 11.6. The van der Waals surface area contributed by atoms with Gasteiger partial charge in [0.25, 0.3) is 0 Å². The predicted molar refractivity (Wildman–Crippen MR) is 62.1 cm³/mol. The van der Waals surface area contributed by atoms with E-state index in [2.05, 4.69) is 25.3 Å². The Hall–Kier alpha value is 0.0700. The van der Waals surface area contributed by atoms with Gasteiger partial charge in [-0.15, -0.1) is 0 Å². The molecule has 0 unspecified atom stereocenters. The summed E-state index contributed by atoms with van der Waals surface area (Å²) >= 11 is 0. The van der Waals surface area contributed by atoms with E-state index in [-0.39, 0.29) is 12.0 Å². The standard InChI is InChI=1S/C10H23O5P/c1-9(2,3)6-14-7-10(4,5)8-15-16(11,12)13/h6-8H2,1-5H3,(H2,11,12,13). The number of phosphoric ester groups is 1. The molecule has 0 amide bonds. The zero-order chi connectivity index (χ0) is 13.0. The molecule has 0 saturated carbocycles. The molecule has 0 heterocycles. The van der Waals surface area contributed by atoms with E-state index in [4.69, 9.17) is 14.5 Å². The van der Waals surface area contributed by atoms with Crippen LogP contribution in [-0.4, -0.2) is 29.6 Å². The monoisotopic (exact) mass is 254 g/mol. The molecular formula is C10H23O5P. The summed E-state index contributed by atoms with van der Waals surface area (Å²) in [7, 11) is -4.38. The van der Waals surface area contributed by atoms with Gasteiger partial charge >= 0.3 is 7.82 Å². The van der Waals surface area contributed by atoms with Crippen LogP contribution in [0.25, 0.3) is 0 Å². The fourth-order valence-corrected chi connectivity index (χ4v) is 1.45. The van der Waals surface area contributed by atoms with Crippen molar-refractivity contribution in [3.05, 3.63) is 0 Å². The molecule has 16 heavy (non-hydrogen) atoms. The van der Waals surface area contributed by atoms with Gasteiger partial charge < -0.3 is 14.5 Å². The topological polar surface area (TPSA) is 76.0 Å². The second kappa shape index (κ2) is 5.61. The molecule has 5 nitrogen and oxygen atoms in total.